The smallest absolute Gasteiger partial charge is 0.0730 e. The number of aromatic nitrogens is 3. The Hall–Kier alpha value is -1.39. The van der Waals surface area contributed by atoms with Crippen molar-refractivity contribution in [3.05, 3.63) is 40.7 Å². The molecular formula is C11H13ClN4. The monoisotopic (exact) mass is 236 g/mol. The molecule has 84 valence electrons. The van der Waals surface area contributed by atoms with Gasteiger partial charge in [0.2, 0.25) is 0 Å². The highest BCUT2D eigenvalue weighted by Crippen LogP contribution is 2.22. The van der Waals surface area contributed by atoms with Crippen molar-refractivity contribution in [2.45, 2.75) is 13.3 Å². The van der Waals surface area contributed by atoms with E-state index in [9.17, 15) is 0 Å². The Balaban J connectivity index is 2.50. The van der Waals surface area contributed by atoms with Crippen LogP contribution in [0.25, 0.3) is 5.69 Å². The molecule has 0 amide bonds. The molecule has 2 N–H and O–H groups in total. The number of nitrogens with two attached hydrogens (primary N) is 1. The highest BCUT2D eigenvalue weighted by Gasteiger charge is 2.09. The molecule has 0 unspecified atom stereocenters. The van der Waals surface area contributed by atoms with Crippen LogP contribution >= 0.6 is 11.6 Å². The van der Waals surface area contributed by atoms with Crippen LogP contribution in [0.3, 0.4) is 0 Å². The Labute approximate surface area is 99.0 Å². The topological polar surface area (TPSA) is 56.7 Å². The van der Waals surface area contributed by atoms with Crippen LogP contribution < -0.4 is 5.73 Å². The standard InChI is InChI=1S/C11H13ClN4/c1-8-10(12)3-2-4-11(8)16-9(5-6-13)7-14-15-16/h2-4,7H,5-6,13H2,1H3. The number of benzene rings is 1. The highest BCUT2D eigenvalue weighted by molar-refractivity contribution is 6.31. The first-order valence-corrected chi connectivity index (χ1v) is 5.47. The molecule has 5 heteroatoms. The molecule has 1 aromatic carbocycles. The number of halogens is 1. The quantitative estimate of drug-likeness (QED) is 0.883. The first kappa shape index (κ1) is 11.1. The van der Waals surface area contributed by atoms with Crippen LogP contribution in [0.2, 0.25) is 5.02 Å². The largest absolute Gasteiger partial charge is 0.330 e. The summed E-state index contributed by atoms with van der Waals surface area (Å²) >= 11 is 6.07. The van der Waals surface area contributed by atoms with Gasteiger partial charge in [0.15, 0.2) is 0 Å². The van der Waals surface area contributed by atoms with Crippen molar-refractivity contribution in [1.82, 2.24) is 15.0 Å². The summed E-state index contributed by atoms with van der Waals surface area (Å²) in [6.07, 6.45) is 2.48. The number of hydrogen-bond donors (Lipinski definition) is 1. The van der Waals surface area contributed by atoms with Gasteiger partial charge >= 0.3 is 0 Å². The Morgan fingerprint density at radius 2 is 2.25 bits per heavy atom. The van der Waals surface area contributed by atoms with Crippen molar-refractivity contribution in [3.8, 4) is 5.69 Å². The third-order valence-electron chi connectivity index (χ3n) is 2.49. The molecule has 0 aliphatic carbocycles. The maximum absolute atomic E-state index is 6.07. The van der Waals surface area contributed by atoms with Gasteiger partial charge in [-0.2, -0.15) is 0 Å². The van der Waals surface area contributed by atoms with E-state index < -0.39 is 0 Å². The molecule has 1 aromatic heterocycles. The first-order chi connectivity index (χ1) is 7.74. The van der Waals surface area contributed by atoms with Crippen LogP contribution in [0.4, 0.5) is 0 Å². The van der Waals surface area contributed by atoms with Gasteiger partial charge in [-0.05, 0) is 31.2 Å². The minimum Gasteiger partial charge on any atom is -0.330 e. The summed E-state index contributed by atoms with van der Waals surface area (Å²) in [5.74, 6) is 0. The van der Waals surface area contributed by atoms with Crippen molar-refractivity contribution in [1.29, 1.82) is 0 Å². The Bertz CT molecular complexity index is 492. The van der Waals surface area contributed by atoms with E-state index in [0.29, 0.717) is 6.54 Å². The molecule has 0 saturated carbocycles. The van der Waals surface area contributed by atoms with Crippen LogP contribution in [-0.2, 0) is 6.42 Å². The molecule has 2 rings (SSSR count). The van der Waals surface area contributed by atoms with E-state index in [1.165, 1.54) is 0 Å². The third kappa shape index (κ3) is 1.94. The van der Waals surface area contributed by atoms with Crippen LogP contribution in [-0.4, -0.2) is 21.5 Å². The Morgan fingerprint density at radius 1 is 1.44 bits per heavy atom. The van der Waals surface area contributed by atoms with Crippen LogP contribution in [0.5, 0.6) is 0 Å². The van der Waals surface area contributed by atoms with Crippen molar-refractivity contribution in [2.75, 3.05) is 6.54 Å². The summed E-state index contributed by atoms with van der Waals surface area (Å²) in [5, 5.41) is 8.69. The molecule has 0 fully saturated rings. The predicted molar refractivity (Wildman–Crippen MR) is 63.9 cm³/mol. The summed E-state index contributed by atoms with van der Waals surface area (Å²) in [5.41, 5.74) is 8.48. The molecule has 0 radical (unpaired) electrons. The SMILES string of the molecule is Cc1c(Cl)cccc1-n1nncc1CCN. The van der Waals surface area contributed by atoms with E-state index in [1.54, 1.807) is 10.9 Å². The van der Waals surface area contributed by atoms with E-state index in [1.807, 2.05) is 25.1 Å². The zero-order valence-corrected chi connectivity index (χ0v) is 9.78. The normalized spacial score (nSPS) is 10.7. The molecule has 0 atom stereocenters. The minimum atomic E-state index is 0.576. The van der Waals surface area contributed by atoms with Crippen LogP contribution in [0, 0.1) is 6.92 Å². The number of rotatable bonds is 3. The fourth-order valence-electron chi connectivity index (χ4n) is 1.60. The molecule has 16 heavy (non-hydrogen) atoms. The van der Waals surface area contributed by atoms with Gasteiger partial charge < -0.3 is 5.73 Å². The van der Waals surface area contributed by atoms with Gasteiger partial charge in [0.05, 0.1) is 17.6 Å². The number of hydrogen-bond acceptors (Lipinski definition) is 3. The van der Waals surface area contributed by atoms with Crippen molar-refractivity contribution in [3.63, 3.8) is 0 Å². The lowest BCUT2D eigenvalue weighted by Crippen LogP contribution is -2.09. The molecule has 0 saturated heterocycles. The molecule has 0 aliphatic heterocycles. The lowest BCUT2D eigenvalue weighted by molar-refractivity contribution is 0.751. The average Bonchev–Trinajstić information content (AvgIpc) is 2.71. The molecule has 2 aromatic rings. The van der Waals surface area contributed by atoms with Gasteiger partial charge in [-0.3, -0.25) is 0 Å². The summed E-state index contributed by atoms with van der Waals surface area (Å²) in [7, 11) is 0. The van der Waals surface area contributed by atoms with E-state index in [2.05, 4.69) is 10.3 Å². The average molecular weight is 237 g/mol. The van der Waals surface area contributed by atoms with E-state index >= 15 is 0 Å². The van der Waals surface area contributed by atoms with Gasteiger partial charge in [-0.1, -0.05) is 22.9 Å². The van der Waals surface area contributed by atoms with Gasteiger partial charge in [0.25, 0.3) is 0 Å². The maximum Gasteiger partial charge on any atom is 0.0730 e. The molecule has 4 nitrogen and oxygen atoms in total. The first-order valence-electron chi connectivity index (χ1n) is 5.09. The minimum absolute atomic E-state index is 0.576. The fourth-order valence-corrected chi connectivity index (χ4v) is 1.77. The highest BCUT2D eigenvalue weighted by atomic mass is 35.5. The molecule has 0 bridgehead atoms. The van der Waals surface area contributed by atoms with E-state index in [0.717, 1.165) is 28.4 Å². The van der Waals surface area contributed by atoms with Crippen molar-refractivity contribution in [2.24, 2.45) is 5.73 Å². The lowest BCUT2D eigenvalue weighted by Gasteiger charge is -2.09. The molecule has 1 heterocycles. The van der Waals surface area contributed by atoms with Crippen LogP contribution in [0.15, 0.2) is 24.4 Å². The zero-order chi connectivity index (χ0) is 11.5. The fraction of sp³-hybridized carbons (Fsp3) is 0.273. The third-order valence-corrected chi connectivity index (χ3v) is 2.90. The van der Waals surface area contributed by atoms with Crippen molar-refractivity contribution >= 4 is 11.6 Å². The summed E-state index contributed by atoms with van der Waals surface area (Å²) in [6, 6.07) is 5.73. The van der Waals surface area contributed by atoms with E-state index in [-0.39, 0.29) is 0 Å². The van der Waals surface area contributed by atoms with Crippen molar-refractivity contribution < 1.29 is 0 Å². The second-order valence-electron chi connectivity index (χ2n) is 3.56. The van der Waals surface area contributed by atoms with Crippen LogP contribution in [0.1, 0.15) is 11.3 Å². The summed E-state index contributed by atoms with van der Waals surface area (Å²) in [6.45, 7) is 2.54. The lowest BCUT2D eigenvalue weighted by atomic mass is 10.2. The van der Waals surface area contributed by atoms with Gasteiger partial charge in [0.1, 0.15) is 0 Å². The van der Waals surface area contributed by atoms with Gasteiger partial charge in [-0.15, -0.1) is 5.10 Å². The molecular weight excluding hydrogens is 224 g/mol. The number of nitrogens with zero attached hydrogens (tertiary/aromatic N) is 3. The second-order valence-corrected chi connectivity index (χ2v) is 3.97. The van der Waals surface area contributed by atoms with Gasteiger partial charge in [-0.25, -0.2) is 4.68 Å². The Kier molecular flexibility index (Phi) is 3.22. The molecule has 0 spiro atoms. The maximum atomic E-state index is 6.07. The second kappa shape index (κ2) is 4.63. The zero-order valence-electron chi connectivity index (χ0n) is 9.02. The summed E-state index contributed by atoms with van der Waals surface area (Å²) < 4.78 is 1.79. The van der Waals surface area contributed by atoms with E-state index in [4.69, 9.17) is 17.3 Å². The van der Waals surface area contributed by atoms with Gasteiger partial charge in [0, 0.05) is 11.4 Å². The summed E-state index contributed by atoms with van der Waals surface area (Å²) in [4.78, 5) is 0. The Morgan fingerprint density at radius 3 is 3.00 bits per heavy atom. The predicted octanol–water partition coefficient (Wildman–Crippen LogP) is 1.73. The molecule has 0 aliphatic rings.